The molecule has 10 aliphatic rings. The summed E-state index contributed by atoms with van der Waals surface area (Å²) in [6, 6.07) is 38.9. The molecule has 10 aliphatic carbocycles. The SMILES string of the molecule is C#Cc1n[nH]c2c1C(C)(c1ccccc1)C1=C(C2)CC(C)(C)CC1=O.CC1(C)CC(=O)C2=C(Cc3[nH]nc(C#N)c3C2(C)c2ccccc2)C1.Cc1[nH]nc2c1C(C)(c1cccnc1)C1=C(C2)CC(C)(C)CC1=O.Cc1[nH]nc2c1C(C)(c1cccnc1)C1=C(C2)CC(C)(C)CC1=O.Cc1ccccc1C1(C)C2=C(Cc3n[nH]c(C)c31)CC(C)(C)CC2=O. The van der Waals surface area contributed by atoms with E-state index in [1.54, 1.807) is 12.4 Å². The third-order valence-electron chi connectivity index (χ3n) is 28.6. The molecule has 5 N–H and O–H groups in total. The van der Waals surface area contributed by atoms with Crippen LogP contribution in [0, 0.1) is 78.4 Å². The molecule has 0 amide bonds. The van der Waals surface area contributed by atoms with Gasteiger partial charge in [-0.05, 0) is 173 Å². The van der Waals surface area contributed by atoms with Crippen LogP contribution < -0.4 is 0 Å². The van der Waals surface area contributed by atoms with Crippen LogP contribution in [0.1, 0.15) is 286 Å². The number of nitrogens with one attached hydrogen (secondary N) is 5. The number of fused-ring (bicyclic) bond motifs is 5. The molecule has 3 aromatic carbocycles. The van der Waals surface area contributed by atoms with Gasteiger partial charge in [-0.25, -0.2) is 0 Å². The largest absolute Gasteiger partial charge is 0.294 e. The molecular formula is C105H115N13O5. The zero-order valence-corrected chi connectivity index (χ0v) is 75.0. The molecule has 0 saturated heterocycles. The van der Waals surface area contributed by atoms with E-state index in [-0.39, 0.29) is 50.2 Å². The average Bonchev–Trinajstić information content (AvgIpc) is 1.71. The molecule has 630 valence electrons. The average molecular weight is 1640 g/mol. The van der Waals surface area contributed by atoms with Crippen molar-refractivity contribution in [3.8, 4) is 18.4 Å². The maximum Gasteiger partial charge on any atom is 0.166 e. The lowest BCUT2D eigenvalue weighted by Gasteiger charge is -2.44. The van der Waals surface area contributed by atoms with Gasteiger partial charge in [0.05, 0.1) is 38.7 Å². The molecule has 20 rings (SSSR count). The van der Waals surface area contributed by atoms with Crippen LogP contribution in [0.2, 0.25) is 0 Å². The van der Waals surface area contributed by atoms with Crippen LogP contribution >= 0.6 is 0 Å². The van der Waals surface area contributed by atoms with E-state index in [9.17, 15) is 29.2 Å². The quantitative estimate of drug-likeness (QED) is 0.100. The minimum Gasteiger partial charge on any atom is -0.294 e. The second kappa shape index (κ2) is 30.6. The number of ketones is 5. The zero-order chi connectivity index (χ0) is 87.8. The number of Topliss-reactive ketones (excluding diaryl/α,β-unsaturated/α-hetero) is 5. The van der Waals surface area contributed by atoms with E-state index in [0.29, 0.717) is 55.7 Å². The lowest BCUT2D eigenvalue weighted by atomic mass is 9.58. The number of hydrogen-bond acceptors (Lipinski definition) is 13. The van der Waals surface area contributed by atoms with E-state index < -0.39 is 27.1 Å². The van der Waals surface area contributed by atoms with Gasteiger partial charge in [0.15, 0.2) is 34.6 Å². The first-order valence-corrected chi connectivity index (χ1v) is 43.5. The number of hydrogen-bond donors (Lipinski definition) is 5. The van der Waals surface area contributed by atoms with Crippen LogP contribution in [0.25, 0.3) is 0 Å². The van der Waals surface area contributed by atoms with Crippen molar-refractivity contribution in [2.24, 2.45) is 27.1 Å². The third-order valence-corrected chi connectivity index (χ3v) is 28.6. The smallest absolute Gasteiger partial charge is 0.166 e. The van der Waals surface area contributed by atoms with Gasteiger partial charge in [0.25, 0.3) is 0 Å². The maximum absolute atomic E-state index is 13.3. The van der Waals surface area contributed by atoms with Crippen LogP contribution in [0.4, 0.5) is 0 Å². The highest BCUT2D eigenvalue weighted by molar-refractivity contribution is 6.05. The van der Waals surface area contributed by atoms with Gasteiger partial charge < -0.3 is 0 Å². The first-order chi connectivity index (χ1) is 58.1. The summed E-state index contributed by atoms with van der Waals surface area (Å²) in [4.78, 5) is 74.7. The number of benzene rings is 3. The van der Waals surface area contributed by atoms with E-state index in [1.165, 1.54) is 44.6 Å². The molecule has 10 aromatic rings. The molecule has 0 radical (unpaired) electrons. The molecule has 123 heavy (non-hydrogen) atoms. The van der Waals surface area contributed by atoms with Gasteiger partial charge >= 0.3 is 0 Å². The van der Waals surface area contributed by atoms with Gasteiger partial charge in [-0.1, -0.05) is 194 Å². The summed E-state index contributed by atoms with van der Waals surface area (Å²) in [6.07, 6.45) is 24.5. The van der Waals surface area contributed by atoms with Crippen molar-refractivity contribution < 1.29 is 24.0 Å². The van der Waals surface area contributed by atoms with E-state index in [1.807, 2.05) is 86.9 Å². The van der Waals surface area contributed by atoms with Crippen molar-refractivity contribution >= 4 is 28.9 Å². The minimum atomic E-state index is -0.629. The van der Waals surface area contributed by atoms with Gasteiger partial charge in [0, 0.05) is 179 Å². The monoisotopic (exact) mass is 1640 g/mol. The van der Waals surface area contributed by atoms with E-state index in [0.717, 1.165) is 176 Å². The Morgan fingerprint density at radius 2 is 0.618 bits per heavy atom. The second-order valence-corrected chi connectivity index (χ2v) is 41.3. The summed E-state index contributed by atoms with van der Waals surface area (Å²) in [7, 11) is 0. The number of terminal acetylenes is 1. The molecular weight excluding hydrogens is 1520 g/mol. The Morgan fingerprint density at radius 3 is 0.943 bits per heavy atom. The maximum atomic E-state index is 13.3. The lowest BCUT2D eigenvalue weighted by molar-refractivity contribution is -0.119. The van der Waals surface area contributed by atoms with Crippen LogP contribution in [0.3, 0.4) is 0 Å². The summed E-state index contributed by atoms with van der Waals surface area (Å²) in [5.41, 5.74) is 30.0. The molecule has 18 heteroatoms. The predicted molar refractivity (Wildman–Crippen MR) is 478 cm³/mol. The highest BCUT2D eigenvalue weighted by atomic mass is 16.1. The number of rotatable bonds is 5. The molecule has 0 fully saturated rings. The number of nitrogens with zero attached hydrogens (tertiary/aromatic N) is 8. The number of nitriles is 1. The molecule has 0 bridgehead atoms. The highest BCUT2D eigenvalue weighted by Gasteiger charge is 2.56. The summed E-state index contributed by atoms with van der Waals surface area (Å²) in [5.74, 6) is 4.02. The zero-order valence-electron chi connectivity index (χ0n) is 75.0. The number of carbonyl (C=O) groups is 5. The first kappa shape index (κ1) is 84.7. The topological polar surface area (TPSA) is 278 Å². The number of pyridine rings is 2. The Hall–Kier alpha value is -11.9. The summed E-state index contributed by atoms with van der Waals surface area (Å²) < 4.78 is 0. The Morgan fingerprint density at radius 1 is 0.325 bits per heavy atom. The number of allylic oxidation sites excluding steroid dienone is 10. The number of carbonyl (C=O) groups excluding carboxylic acids is 5. The summed E-state index contributed by atoms with van der Waals surface area (Å²) in [6.45, 7) is 40.8. The van der Waals surface area contributed by atoms with Crippen LogP contribution in [-0.2, 0) is 83.2 Å². The Labute approximate surface area is 723 Å². The minimum absolute atomic E-state index is 0.0000132. The number of aryl methyl sites for hydroxylation is 4. The summed E-state index contributed by atoms with van der Waals surface area (Å²) in [5, 5.41) is 47.5. The molecule has 18 nitrogen and oxygen atoms in total. The van der Waals surface area contributed by atoms with Gasteiger partial charge in [-0.3, -0.25) is 59.4 Å². The Kier molecular flexibility index (Phi) is 21.0. The first-order valence-electron chi connectivity index (χ1n) is 43.5. The van der Waals surface area contributed by atoms with Crippen LogP contribution in [0.5, 0.6) is 0 Å². The van der Waals surface area contributed by atoms with Gasteiger partial charge in [-0.15, -0.1) is 6.42 Å². The van der Waals surface area contributed by atoms with Crippen molar-refractivity contribution in [3.05, 3.63) is 308 Å². The van der Waals surface area contributed by atoms with Crippen LogP contribution in [-0.4, -0.2) is 89.9 Å². The van der Waals surface area contributed by atoms with Crippen molar-refractivity contribution in [3.63, 3.8) is 0 Å². The molecule has 5 unspecified atom stereocenters. The van der Waals surface area contributed by atoms with Gasteiger partial charge in [-0.2, -0.15) is 30.8 Å². The second-order valence-electron chi connectivity index (χ2n) is 41.3. The van der Waals surface area contributed by atoms with E-state index in [2.05, 4.69) is 239 Å². The highest BCUT2D eigenvalue weighted by Crippen LogP contribution is 2.59. The summed E-state index contributed by atoms with van der Waals surface area (Å²) >= 11 is 0. The van der Waals surface area contributed by atoms with Gasteiger partial charge in [0.1, 0.15) is 11.8 Å². The Bertz CT molecular complexity index is 5980. The molecule has 0 saturated carbocycles. The van der Waals surface area contributed by atoms with Crippen molar-refractivity contribution in [1.82, 2.24) is 61.0 Å². The van der Waals surface area contributed by atoms with E-state index >= 15 is 0 Å². The Balaban J connectivity index is 0.000000114. The molecule has 0 spiro atoms. The van der Waals surface area contributed by atoms with Gasteiger partial charge in [0.2, 0.25) is 0 Å². The molecule has 7 aromatic heterocycles. The predicted octanol–water partition coefficient (Wildman–Crippen LogP) is 19.7. The van der Waals surface area contributed by atoms with E-state index in [4.69, 9.17) is 6.42 Å². The fourth-order valence-corrected chi connectivity index (χ4v) is 24.3. The normalized spacial score (nSPS) is 24.9. The number of aromatic nitrogens is 12. The third kappa shape index (κ3) is 14.3. The van der Waals surface area contributed by atoms with Crippen LogP contribution in [0.15, 0.2) is 190 Å². The molecule has 7 heterocycles. The molecule has 5 atom stereocenters. The van der Waals surface area contributed by atoms with Crippen molar-refractivity contribution in [1.29, 1.82) is 5.26 Å². The molecule has 0 aliphatic heterocycles. The number of H-pyrrole nitrogens is 5. The number of aromatic amines is 5. The standard InChI is InChI=1S/C22H26N2O.C22H22N2O.C21H21N3O.2C20H23N3O/c1-13-8-6-7-9-16(13)22(5)19-14(2)23-24-17(19)10-15-11-21(3,4)12-18(25)20(15)22;1-5-16-20-17(24-23-16)11-14-12-21(2,3)13-18(25)19(14)22(20,4)15-9-7-6-8-10-15;1-20(2)10-13-9-15-19(16(12-22)24-23-15)21(3,18(13)17(25)11-20)14-7-5-4-6-8-14;2*1-12-17-15(23-22-12)8-13-9-19(2,3)10-16(24)18(13)20(17,4)14-6-5-7-21-11-14/h6-9H,10-12H2,1-5H3,(H,23,24);1,6-10H,11-13H2,2-4H3,(H,23,24);4-8H,9-11H2,1-3H3,(H,23,24);2*5-7,11H,8-10H2,1-4H3,(H,22,23). The van der Waals surface area contributed by atoms with Crippen molar-refractivity contribution in [2.75, 3.05) is 0 Å². The lowest BCUT2D eigenvalue weighted by Crippen LogP contribution is -2.41. The van der Waals surface area contributed by atoms with Crippen molar-refractivity contribution in [2.45, 2.75) is 255 Å². The fraction of sp³-hybridized carbons (Fsp3) is 0.419. The fourth-order valence-electron chi connectivity index (χ4n) is 24.3.